The van der Waals surface area contributed by atoms with Crippen LogP contribution < -0.4 is 5.73 Å². The van der Waals surface area contributed by atoms with Gasteiger partial charge in [0, 0.05) is 12.1 Å². The van der Waals surface area contributed by atoms with E-state index in [1.165, 1.54) is 6.20 Å². The van der Waals surface area contributed by atoms with Gasteiger partial charge in [-0.25, -0.2) is 0 Å². The van der Waals surface area contributed by atoms with Crippen molar-refractivity contribution < 1.29 is 4.79 Å². The van der Waals surface area contributed by atoms with E-state index < -0.39 is 5.91 Å². The highest BCUT2D eigenvalue weighted by Crippen LogP contribution is 2.06. The molecule has 0 bridgehead atoms. The van der Waals surface area contributed by atoms with Crippen molar-refractivity contribution in [1.29, 1.82) is 0 Å². The highest BCUT2D eigenvalue weighted by atomic mass is 35.5. The van der Waals surface area contributed by atoms with Crippen molar-refractivity contribution >= 4 is 17.5 Å². The van der Waals surface area contributed by atoms with Crippen LogP contribution in [-0.4, -0.2) is 10.9 Å². The third-order valence-corrected chi connectivity index (χ3v) is 1.56. The average Bonchev–Trinajstić information content (AvgIpc) is 2.04. The van der Waals surface area contributed by atoms with Crippen LogP contribution in [0.15, 0.2) is 18.3 Å². The molecular weight excluding hydrogens is 164 g/mol. The number of halogens is 1. The summed E-state index contributed by atoms with van der Waals surface area (Å²) in [6.45, 7) is 0. The molecule has 2 N–H and O–H groups in total. The summed E-state index contributed by atoms with van der Waals surface area (Å²) in [6, 6.07) is 3.43. The Balaban J connectivity index is 3.12. The van der Waals surface area contributed by atoms with E-state index >= 15 is 0 Å². The number of amides is 1. The summed E-state index contributed by atoms with van der Waals surface area (Å²) in [5.74, 6) is -0.284. The Kier molecular flexibility index (Phi) is 2.44. The van der Waals surface area contributed by atoms with Crippen LogP contribution in [-0.2, 0) is 5.88 Å². The molecule has 1 aromatic heterocycles. The van der Waals surface area contributed by atoms with E-state index in [9.17, 15) is 4.79 Å². The first-order chi connectivity index (χ1) is 5.25. The van der Waals surface area contributed by atoms with Crippen molar-refractivity contribution in [3.63, 3.8) is 0 Å². The molecular formula is C7H7ClN2O. The zero-order valence-electron chi connectivity index (χ0n) is 5.75. The molecule has 1 aromatic rings. The van der Waals surface area contributed by atoms with Crippen LogP contribution in [0, 0.1) is 0 Å². The van der Waals surface area contributed by atoms with Crippen molar-refractivity contribution in [3.05, 3.63) is 29.6 Å². The number of nitrogens with two attached hydrogens (primary N) is 1. The third-order valence-electron chi connectivity index (χ3n) is 1.27. The van der Waals surface area contributed by atoms with E-state index in [0.717, 1.165) is 0 Å². The fourth-order valence-electron chi connectivity index (χ4n) is 0.768. The van der Waals surface area contributed by atoms with Crippen LogP contribution in [0.1, 0.15) is 16.1 Å². The van der Waals surface area contributed by atoms with Crippen LogP contribution in [0.3, 0.4) is 0 Å². The molecule has 1 heterocycles. The monoisotopic (exact) mass is 170 g/mol. The zero-order valence-corrected chi connectivity index (χ0v) is 6.51. The number of pyridine rings is 1. The molecule has 0 aliphatic carbocycles. The first-order valence-corrected chi connectivity index (χ1v) is 3.59. The Hall–Kier alpha value is -1.09. The van der Waals surface area contributed by atoms with Gasteiger partial charge in [-0.2, -0.15) is 0 Å². The second-order valence-electron chi connectivity index (χ2n) is 2.01. The van der Waals surface area contributed by atoms with E-state index in [4.69, 9.17) is 17.3 Å². The molecule has 0 unspecified atom stereocenters. The Morgan fingerprint density at radius 2 is 2.45 bits per heavy atom. The summed E-state index contributed by atoms with van der Waals surface area (Å²) >= 11 is 5.53. The number of aromatic nitrogens is 1. The molecule has 1 amide bonds. The maximum atomic E-state index is 10.7. The Morgan fingerprint density at radius 1 is 1.73 bits per heavy atom. The van der Waals surface area contributed by atoms with E-state index in [1.807, 2.05) is 0 Å². The number of rotatable bonds is 2. The Labute approximate surface area is 69.2 Å². The number of alkyl halides is 1. The van der Waals surface area contributed by atoms with Crippen LogP contribution >= 0.6 is 11.6 Å². The number of nitrogens with zero attached hydrogens (tertiary/aromatic N) is 1. The van der Waals surface area contributed by atoms with Crippen LogP contribution in [0.2, 0.25) is 0 Å². The van der Waals surface area contributed by atoms with E-state index in [0.29, 0.717) is 5.56 Å². The van der Waals surface area contributed by atoms with Crippen LogP contribution in [0.5, 0.6) is 0 Å². The van der Waals surface area contributed by atoms with E-state index in [1.54, 1.807) is 12.1 Å². The van der Waals surface area contributed by atoms with Crippen molar-refractivity contribution in [2.24, 2.45) is 5.73 Å². The van der Waals surface area contributed by atoms with Gasteiger partial charge >= 0.3 is 0 Å². The van der Waals surface area contributed by atoms with Gasteiger partial charge in [0.1, 0.15) is 5.69 Å². The lowest BCUT2D eigenvalue weighted by molar-refractivity contribution is 0.0995. The van der Waals surface area contributed by atoms with Crippen molar-refractivity contribution in [2.75, 3.05) is 0 Å². The molecule has 0 aromatic carbocycles. The highest BCUT2D eigenvalue weighted by molar-refractivity contribution is 6.17. The number of hydrogen-bond acceptors (Lipinski definition) is 2. The minimum absolute atomic E-state index is 0.252. The highest BCUT2D eigenvalue weighted by Gasteiger charge is 2.06. The lowest BCUT2D eigenvalue weighted by Crippen LogP contribution is -2.15. The average molecular weight is 171 g/mol. The van der Waals surface area contributed by atoms with Gasteiger partial charge in [0.2, 0.25) is 0 Å². The molecule has 58 valence electrons. The number of carbonyl (C=O) groups is 1. The molecule has 0 radical (unpaired) electrons. The normalized spacial score (nSPS) is 9.55. The maximum Gasteiger partial charge on any atom is 0.267 e. The molecule has 0 aliphatic heterocycles. The summed E-state index contributed by atoms with van der Waals surface area (Å²) in [5, 5.41) is 0. The first kappa shape index (κ1) is 8.01. The van der Waals surface area contributed by atoms with E-state index in [2.05, 4.69) is 4.98 Å². The van der Waals surface area contributed by atoms with Crippen molar-refractivity contribution in [3.8, 4) is 0 Å². The van der Waals surface area contributed by atoms with Gasteiger partial charge in [0.15, 0.2) is 0 Å². The van der Waals surface area contributed by atoms with Gasteiger partial charge in [-0.3, -0.25) is 9.78 Å². The molecule has 3 nitrogen and oxygen atoms in total. The zero-order chi connectivity index (χ0) is 8.27. The Bertz CT molecular complexity index is 275. The van der Waals surface area contributed by atoms with Crippen molar-refractivity contribution in [1.82, 2.24) is 4.98 Å². The van der Waals surface area contributed by atoms with Crippen LogP contribution in [0.25, 0.3) is 0 Å². The predicted molar refractivity (Wildman–Crippen MR) is 42.3 cm³/mol. The van der Waals surface area contributed by atoms with Gasteiger partial charge in [0.05, 0.1) is 0 Å². The summed E-state index contributed by atoms with van der Waals surface area (Å²) < 4.78 is 0. The first-order valence-electron chi connectivity index (χ1n) is 3.05. The van der Waals surface area contributed by atoms with Gasteiger partial charge in [0.25, 0.3) is 5.91 Å². The summed E-state index contributed by atoms with van der Waals surface area (Å²) in [5.41, 5.74) is 5.95. The molecule has 4 heteroatoms. The summed E-state index contributed by atoms with van der Waals surface area (Å²) in [6.07, 6.45) is 1.51. The lowest BCUT2D eigenvalue weighted by Gasteiger charge is -1.99. The quantitative estimate of drug-likeness (QED) is 0.671. The topological polar surface area (TPSA) is 56.0 Å². The number of carbonyl (C=O) groups excluding carboxylic acids is 1. The van der Waals surface area contributed by atoms with Crippen LogP contribution in [0.4, 0.5) is 0 Å². The van der Waals surface area contributed by atoms with Gasteiger partial charge in [-0.05, 0) is 11.6 Å². The molecule has 0 saturated heterocycles. The minimum Gasteiger partial charge on any atom is -0.364 e. The standard InChI is InChI=1S/C7H7ClN2O/c8-4-5-2-1-3-10-6(5)7(9)11/h1-3H,4H2,(H2,9,11). The summed E-state index contributed by atoms with van der Waals surface area (Å²) in [7, 11) is 0. The fraction of sp³-hybridized carbons (Fsp3) is 0.143. The summed E-state index contributed by atoms with van der Waals surface area (Å²) in [4.78, 5) is 14.5. The molecule has 1 rings (SSSR count). The second-order valence-corrected chi connectivity index (χ2v) is 2.28. The van der Waals surface area contributed by atoms with Crippen molar-refractivity contribution in [2.45, 2.75) is 5.88 Å². The molecule has 0 aliphatic rings. The number of primary amides is 1. The Morgan fingerprint density at radius 3 is 2.91 bits per heavy atom. The molecule has 0 spiro atoms. The molecule has 0 atom stereocenters. The molecule has 0 fully saturated rings. The van der Waals surface area contributed by atoms with Gasteiger partial charge < -0.3 is 5.73 Å². The molecule has 11 heavy (non-hydrogen) atoms. The smallest absolute Gasteiger partial charge is 0.267 e. The fourth-order valence-corrected chi connectivity index (χ4v) is 0.984. The maximum absolute atomic E-state index is 10.7. The number of hydrogen-bond donors (Lipinski definition) is 1. The van der Waals surface area contributed by atoms with Gasteiger partial charge in [-0.15, -0.1) is 11.6 Å². The van der Waals surface area contributed by atoms with Gasteiger partial charge in [-0.1, -0.05) is 6.07 Å². The molecule has 0 saturated carbocycles. The van der Waals surface area contributed by atoms with E-state index in [-0.39, 0.29) is 11.6 Å². The lowest BCUT2D eigenvalue weighted by atomic mass is 10.2. The third kappa shape index (κ3) is 1.68. The largest absolute Gasteiger partial charge is 0.364 e. The minimum atomic E-state index is -0.541. The predicted octanol–water partition coefficient (Wildman–Crippen LogP) is 0.919. The SMILES string of the molecule is NC(=O)c1ncccc1CCl. The second kappa shape index (κ2) is 3.34.